The summed E-state index contributed by atoms with van der Waals surface area (Å²) in [5.41, 5.74) is 0. The van der Waals surface area contributed by atoms with Gasteiger partial charge in [0.25, 0.3) is 0 Å². The molecular weight excluding hydrogens is 262 g/mol. The normalized spacial score (nSPS) is 15.4. The minimum absolute atomic E-state index is 0.218. The zero-order chi connectivity index (χ0) is 10.6. The van der Waals surface area contributed by atoms with Crippen molar-refractivity contribution in [2.45, 2.75) is 32.4 Å². The summed E-state index contributed by atoms with van der Waals surface area (Å²) in [6, 6.07) is 4.55. The van der Waals surface area contributed by atoms with E-state index in [-0.39, 0.29) is 6.10 Å². The first-order chi connectivity index (χ1) is 6.59. The summed E-state index contributed by atoms with van der Waals surface area (Å²) in [7, 11) is 0. The van der Waals surface area contributed by atoms with Crippen LogP contribution < -0.4 is 5.32 Å². The molecule has 0 saturated carbocycles. The van der Waals surface area contributed by atoms with Gasteiger partial charge in [-0.05, 0) is 54.9 Å². The summed E-state index contributed by atoms with van der Waals surface area (Å²) in [4.78, 5) is 1.32. The molecular formula is C10H16BrNOS. The van der Waals surface area contributed by atoms with Gasteiger partial charge in [-0.1, -0.05) is 0 Å². The van der Waals surface area contributed by atoms with Gasteiger partial charge in [-0.15, -0.1) is 11.3 Å². The highest BCUT2D eigenvalue weighted by Crippen LogP contribution is 2.26. The quantitative estimate of drug-likeness (QED) is 0.868. The fourth-order valence-corrected chi connectivity index (χ4v) is 2.62. The van der Waals surface area contributed by atoms with Crippen molar-refractivity contribution in [3.8, 4) is 0 Å². The Bertz CT molecular complexity index is 275. The average Bonchev–Trinajstić information content (AvgIpc) is 2.51. The maximum absolute atomic E-state index is 9.10. The van der Waals surface area contributed by atoms with E-state index in [9.17, 15) is 0 Å². The van der Waals surface area contributed by atoms with E-state index in [1.54, 1.807) is 11.3 Å². The molecule has 0 bridgehead atoms. The minimum Gasteiger partial charge on any atom is -0.393 e. The number of thiophene rings is 1. The number of nitrogens with one attached hydrogen (secondary N) is 1. The molecule has 2 atom stereocenters. The van der Waals surface area contributed by atoms with Gasteiger partial charge in [0, 0.05) is 10.9 Å². The van der Waals surface area contributed by atoms with Gasteiger partial charge in [0.2, 0.25) is 0 Å². The fourth-order valence-electron chi connectivity index (χ4n) is 1.17. The van der Waals surface area contributed by atoms with Crippen molar-refractivity contribution < 1.29 is 5.11 Å². The van der Waals surface area contributed by atoms with Gasteiger partial charge in [-0.25, -0.2) is 0 Å². The number of hydrogen-bond donors (Lipinski definition) is 2. The molecule has 1 heterocycles. The highest BCUT2D eigenvalue weighted by molar-refractivity contribution is 9.11. The maximum Gasteiger partial charge on any atom is 0.0701 e. The minimum atomic E-state index is -0.218. The topological polar surface area (TPSA) is 32.3 Å². The molecule has 1 rings (SSSR count). The van der Waals surface area contributed by atoms with Crippen molar-refractivity contribution in [1.29, 1.82) is 0 Å². The van der Waals surface area contributed by atoms with Crippen molar-refractivity contribution in [2.75, 3.05) is 6.54 Å². The predicted molar refractivity (Wildman–Crippen MR) is 64.7 cm³/mol. The molecule has 0 aliphatic carbocycles. The molecule has 0 radical (unpaired) electrons. The van der Waals surface area contributed by atoms with Crippen LogP contribution in [-0.2, 0) is 0 Å². The van der Waals surface area contributed by atoms with Crippen molar-refractivity contribution >= 4 is 27.3 Å². The maximum atomic E-state index is 9.10. The summed E-state index contributed by atoms with van der Waals surface area (Å²) in [6.45, 7) is 4.81. The second kappa shape index (κ2) is 5.85. The van der Waals surface area contributed by atoms with Crippen LogP contribution in [0.1, 0.15) is 31.2 Å². The molecule has 1 aromatic heterocycles. The smallest absolute Gasteiger partial charge is 0.0701 e. The SMILES string of the molecule is CC(O)CCNC(C)c1ccc(Br)s1. The van der Waals surface area contributed by atoms with Crippen molar-refractivity contribution in [2.24, 2.45) is 0 Å². The molecule has 0 fully saturated rings. The Morgan fingerprint density at radius 3 is 2.71 bits per heavy atom. The van der Waals surface area contributed by atoms with Gasteiger partial charge < -0.3 is 10.4 Å². The number of rotatable bonds is 5. The standard InChI is InChI=1S/C10H16BrNOS/c1-7(13)5-6-12-8(2)9-3-4-10(11)14-9/h3-4,7-8,12-13H,5-6H2,1-2H3. The van der Waals surface area contributed by atoms with E-state index in [4.69, 9.17) is 5.11 Å². The van der Waals surface area contributed by atoms with Crippen LogP contribution in [0.25, 0.3) is 0 Å². The predicted octanol–water partition coefficient (Wildman–Crippen LogP) is 2.93. The molecule has 80 valence electrons. The van der Waals surface area contributed by atoms with E-state index in [1.807, 2.05) is 6.92 Å². The van der Waals surface area contributed by atoms with E-state index in [0.29, 0.717) is 6.04 Å². The lowest BCUT2D eigenvalue weighted by Gasteiger charge is -2.12. The molecule has 4 heteroatoms. The highest BCUT2D eigenvalue weighted by Gasteiger charge is 2.07. The van der Waals surface area contributed by atoms with Gasteiger partial charge in [0.05, 0.1) is 9.89 Å². The Morgan fingerprint density at radius 1 is 1.50 bits per heavy atom. The molecule has 2 unspecified atom stereocenters. The van der Waals surface area contributed by atoms with Gasteiger partial charge in [-0.2, -0.15) is 0 Å². The van der Waals surface area contributed by atoms with Crippen molar-refractivity contribution in [1.82, 2.24) is 5.32 Å². The molecule has 0 aliphatic rings. The molecule has 14 heavy (non-hydrogen) atoms. The summed E-state index contributed by atoms with van der Waals surface area (Å²) in [6.07, 6.45) is 0.585. The first kappa shape index (κ1) is 12.2. The van der Waals surface area contributed by atoms with Crippen molar-refractivity contribution in [3.05, 3.63) is 20.8 Å². The molecule has 2 nitrogen and oxygen atoms in total. The van der Waals surface area contributed by atoms with Crippen LogP contribution >= 0.6 is 27.3 Å². The third-order valence-corrected chi connectivity index (χ3v) is 3.84. The Hall–Kier alpha value is 0.1000. The van der Waals surface area contributed by atoms with Crippen LogP contribution in [0, 0.1) is 0 Å². The summed E-state index contributed by atoms with van der Waals surface area (Å²) in [5.74, 6) is 0. The molecule has 0 saturated heterocycles. The van der Waals surface area contributed by atoms with Crippen LogP contribution in [0.4, 0.5) is 0 Å². The molecule has 0 aromatic carbocycles. The molecule has 1 aromatic rings. The first-order valence-electron chi connectivity index (χ1n) is 4.76. The third-order valence-electron chi connectivity index (χ3n) is 2.03. The fraction of sp³-hybridized carbons (Fsp3) is 0.600. The first-order valence-corrected chi connectivity index (χ1v) is 6.37. The van der Waals surface area contributed by atoms with E-state index in [2.05, 4.69) is 40.3 Å². The largest absolute Gasteiger partial charge is 0.393 e. The summed E-state index contributed by atoms with van der Waals surface area (Å²) >= 11 is 5.19. The molecule has 2 N–H and O–H groups in total. The van der Waals surface area contributed by atoms with E-state index < -0.39 is 0 Å². The highest BCUT2D eigenvalue weighted by atomic mass is 79.9. The Balaban J connectivity index is 2.32. The van der Waals surface area contributed by atoms with Gasteiger partial charge in [0.15, 0.2) is 0 Å². The van der Waals surface area contributed by atoms with Gasteiger partial charge in [-0.3, -0.25) is 0 Å². The zero-order valence-electron chi connectivity index (χ0n) is 8.46. The second-order valence-corrected chi connectivity index (χ2v) is 5.95. The number of halogens is 1. The molecule has 0 spiro atoms. The molecule has 0 amide bonds. The van der Waals surface area contributed by atoms with Crippen molar-refractivity contribution in [3.63, 3.8) is 0 Å². The second-order valence-electron chi connectivity index (χ2n) is 3.46. The lowest BCUT2D eigenvalue weighted by atomic mass is 10.2. The third kappa shape index (κ3) is 4.09. The van der Waals surface area contributed by atoms with E-state index >= 15 is 0 Å². The lowest BCUT2D eigenvalue weighted by molar-refractivity contribution is 0.182. The monoisotopic (exact) mass is 277 g/mol. The van der Waals surface area contributed by atoms with E-state index in [1.165, 1.54) is 4.88 Å². The van der Waals surface area contributed by atoms with Crippen LogP contribution in [0.3, 0.4) is 0 Å². The number of hydrogen-bond acceptors (Lipinski definition) is 3. The summed E-state index contributed by atoms with van der Waals surface area (Å²) < 4.78 is 1.16. The Morgan fingerprint density at radius 2 is 2.21 bits per heavy atom. The van der Waals surface area contributed by atoms with Crippen LogP contribution in [-0.4, -0.2) is 17.8 Å². The number of aliphatic hydroxyl groups is 1. The van der Waals surface area contributed by atoms with Gasteiger partial charge in [0.1, 0.15) is 0 Å². The van der Waals surface area contributed by atoms with Crippen LogP contribution in [0.5, 0.6) is 0 Å². The lowest BCUT2D eigenvalue weighted by Crippen LogP contribution is -2.21. The Labute approximate surface area is 97.5 Å². The Kier molecular flexibility index (Phi) is 5.09. The molecule has 0 aliphatic heterocycles. The van der Waals surface area contributed by atoms with Gasteiger partial charge >= 0.3 is 0 Å². The number of aliphatic hydroxyl groups excluding tert-OH is 1. The summed E-state index contributed by atoms with van der Waals surface area (Å²) in [5, 5.41) is 12.5. The van der Waals surface area contributed by atoms with Crippen LogP contribution in [0.2, 0.25) is 0 Å². The van der Waals surface area contributed by atoms with Crippen LogP contribution in [0.15, 0.2) is 15.9 Å². The zero-order valence-corrected chi connectivity index (χ0v) is 10.9. The van der Waals surface area contributed by atoms with E-state index in [0.717, 1.165) is 16.8 Å². The average molecular weight is 278 g/mol.